The van der Waals surface area contributed by atoms with Crippen molar-refractivity contribution in [2.75, 3.05) is 6.16 Å². The maximum absolute atomic E-state index is 9.17. The van der Waals surface area contributed by atoms with Gasteiger partial charge in [-0.3, -0.25) is 0 Å². The highest BCUT2D eigenvalue weighted by Gasteiger charge is 1.94. The zero-order chi connectivity index (χ0) is 12.3. The van der Waals surface area contributed by atoms with Crippen molar-refractivity contribution in [2.24, 2.45) is 0 Å². The lowest BCUT2D eigenvalue weighted by Crippen LogP contribution is -1.93. The topological polar surface area (TPSA) is 20.2 Å². The van der Waals surface area contributed by atoms with Crippen LogP contribution < -0.4 is 5.30 Å². The minimum atomic E-state index is 0.370. The summed E-state index contributed by atoms with van der Waals surface area (Å²) in [5, 5.41) is 10.5. The Kier molecular flexibility index (Phi) is 8.09. The van der Waals surface area contributed by atoms with Crippen molar-refractivity contribution >= 4 is 13.9 Å². The Morgan fingerprint density at radius 2 is 1.47 bits per heavy atom. The van der Waals surface area contributed by atoms with Gasteiger partial charge in [-0.2, -0.15) is 0 Å². The molecule has 1 aromatic rings. The first-order chi connectivity index (χ1) is 8.33. The first-order valence-electron chi connectivity index (χ1n) is 6.86. The van der Waals surface area contributed by atoms with Crippen LogP contribution in [0.1, 0.15) is 51.9 Å². The van der Waals surface area contributed by atoms with Crippen LogP contribution in [0.2, 0.25) is 0 Å². The number of aromatic hydroxyl groups is 1. The normalized spacial score (nSPS) is 11.4. The lowest BCUT2D eigenvalue weighted by Gasteiger charge is -2.03. The van der Waals surface area contributed by atoms with E-state index in [1.54, 1.807) is 12.1 Å². The first kappa shape index (κ1) is 14.5. The summed E-state index contributed by atoms with van der Waals surface area (Å²) in [6, 6.07) is 7.64. The molecule has 1 atom stereocenters. The molecule has 0 heterocycles. The molecule has 0 aliphatic carbocycles. The third kappa shape index (κ3) is 7.39. The van der Waals surface area contributed by atoms with Gasteiger partial charge >= 0.3 is 0 Å². The molecule has 1 N–H and O–H groups in total. The number of hydrogen-bond donors (Lipinski definition) is 1. The van der Waals surface area contributed by atoms with Crippen molar-refractivity contribution in [1.82, 2.24) is 0 Å². The zero-order valence-corrected chi connectivity index (χ0v) is 11.9. The average molecular weight is 252 g/mol. The molecule has 0 aliphatic heterocycles. The summed E-state index contributed by atoms with van der Waals surface area (Å²) in [4.78, 5) is 0. The van der Waals surface area contributed by atoms with Crippen LogP contribution in [0.3, 0.4) is 0 Å². The Morgan fingerprint density at radius 3 is 2.12 bits per heavy atom. The summed E-state index contributed by atoms with van der Waals surface area (Å²) >= 11 is 0. The quantitative estimate of drug-likeness (QED) is 0.508. The minimum Gasteiger partial charge on any atom is -0.508 e. The van der Waals surface area contributed by atoms with Crippen LogP contribution in [0.25, 0.3) is 0 Å². The molecule has 17 heavy (non-hydrogen) atoms. The first-order valence-corrected chi connectivity index (χ1v) is 8.06. The highest BCUT2D eigenvalue weighted by Crippen LogP contribution is 2.16. The maximum Gasteiger partial charge on any atom is 0.115 e. The molecule has 0 bridgehead atoms. The second-order valence-electron chi connectivity index (χ2n) is 4.59. The number of hydrogen-bond acceptors (Lipinski definition) is 1. The Balaban J connectivity index is 1.95. The summed E-state index contributed by atoms with van der Waals surface area (Å²) in [5.74, 6) is 0.370. The van der Waals surface area contributed by atoms with Crippen molar-refractivity contribution in [3.8, 4) is 5.75 Å². The van der Waals surface area contributed by atoms with Crippen LogP contribution in [0.5, 0.6) is 5.75 Å². The molecule has 96 valence electrons. The van der Waals surface area contributed by atoms with E-state index in [4.69, 9.17) is 0 Å². The van der Waals surface area contributed by atoms with Gasteiger partial charge in [0.05, 0.1) is 0 Å². The number of phenolic OH excluding ortho intramolecular Hbond substituents is 1. The summed E-state index contributed by atoms with van der Waals surface area (Å²) < 4.78 is 0. The molecule has 0 aromatic heterocycles. The standard InChI is InChI=1S/C15H25OP/c1-2-3-4-5-6-7-8-13-17-15-11-9-14(16)10-12-15/h9-12,16-17H,2-8,13H2,1H3. The van der Waals surface area contributed by atoms with Gasteiger partial charge in [0, 0.05) is 0 Å². The van der Waals surface area contributed by atoms with Crippen LogP contribution in [0, 0.1) is 0 Å². The summed E-state index contributed by atoms with van der Waals surface area (Å²) in [7, 11) is 0.902. The van der Waals surface area contributed by atoms with E-state index in [2.05, 4.69) is 6.92 Å². The van der Waals surface area contributed by atoms with E-state index in [0.717, 1.165) is 8.58 Å². The molecule has 0 amide bonds. The Bertz CT molecular complexity index is 281. The number of unbranched alkanes of at least 4 members (excludes halogenated alkanes) is 6. The maximum atomic E-state index is 9.17. The molecule has 2 heteroatoms. The fourth-order valence-corrected chi connectivity index (χ4v) is 3.01. The number of benzene rings is 1. The van der Waals surface area contributed by atoms with E-state index in [9.17, 15) is 5.11 Å². The Labute approximate surface area is 107 Å². The summed E-state index contributed by atoms with van der Waals surface area (Å²) in [5.41, 5.74) is 0. The average Bonchev–Trinajstić information content (AvgIpc) is 2.35. The van der Waals surface area contributed by atoms with Gasteiger partial charge in [-0.05, 0) is 30.0 Å². The highest BCUT2D eigenvalue weighted by molar-refractivity contribution is 7.47. The van der Waals surface area contributed by atoms with Crippen molar-refractivity contribution in [2.45, 2.75) is 51.9 Å². The molecule has 1 aromatic carbocycles. The largest absolute Gasteiger partial charge is 0.508 e. The monoisotopic (exact) mass is 252 g/mol. The van der Waals surface area contributed by atoms with E-state index < -0.39 is 0 Å². The predicted octanol–water partition coefficient (Wildman–Crippen LogP) is 4.45. The number of phenols is 1. The van der Waals surface area contributed by atoms with E-state index in [1.807, 2.05) is 12.1 Å². The zero-order valence-electron chi connectivity index (χ0n) is 10.9. The molecular formula is C15H25OP. The van der Waals surface area contributed by atoms with Gasteiger partial charge in [-0.25, -0.2) is 0 Å². The van der Waals surface area contributed by atoms with Gasteiger partial charge < -0.3 is 5.11 Å². The molecule has 0 saturated heterocycles. The van der Waals surface area contributed by atoms with Crippen LogP contribution in [-0.4, -0.2) is 11.3 Å². The second-order valence-corrected chi connectivity index (χ2v) is 6.03. The molecule has 1 unspecified atom stereocenters. The number of rotatable bonds is 9. The Hall–Kier alpha value is -0.550. The molecule has 1 nitrogen and oxygen atoms in total. The van der Waals surface area contributed by atoms with Gasteiger partial charge in [0.15, 0.2) is 0 Å². The molecule has 0 aliphatic rings. The SMILES string of the molecule is CCCCCCCCCPc1ccc(O)cc1. The van der Waals surface area contributed by atoms with Crippen LogP contribution in [0.4, 0.5) is 0 Å². The Morgan fingerprint density at radius 1 is 0.882 bits per heavy atom. The smallest absolute Gasteiger partial charge is 0.115 e. The van der Waals surface area contributed by atoms with Gasteiger partial charge in [-0.15, -0.1) is 0 Å². The van der Waals surface area contributed by atoms with Crippen LogP contribution in [-0.2, 0) is 0 Å². The second kappa shape index (κ2) is 9.48. The van der Waals surface area contributed by atoms with Crippen molar-refractivity contribution in [3.63, 3.8) is 0 Å². The van der Waals surface area contributed by atoms with Crippen LogP contribution in [0.15, 0.2) is 24.3 Å². The molecule has 1 rings (SSSR count). The van der Waals surface area contributed by atoms with E-state index in [-0.39, 0.29) is 0 Å². The highest BCUT2D eigenvalue weighted by atomic mass is 31.1. The molecule has 0 saturated carbocycles. The summed E-state index contributed by atoms with van der Waals surface area (Å²) in [6.07, 6.45) is 11.0. The summed E-state index contributed by atoms with van der Waals surface area (Å²) in [6.45, 7) is 2.26. The fraction of sp³-hybridized carbons (Fsp3) is 0.600. The molecule has 0 radical (unpaired) electrons. The van der Waals surface area contributed by atoms with Crippen molar-refractivity contribution < 1.29 is 5.11 Å². The lowest BCUT2D eigenvalue weighted by molar-refractivity contribution is 0.475. The van der Waals surface area contributed by atoms with Gasteiger partial charge in [-0.1, -0.05) is 66.2 Å². The third-order valence-corrected chi connectivity index (χ3v) is 4.32. The third-order valence-electron chi connectivity index (χ3n) is 2.98. The minimum absolute atomic E-state index is 0.370. The van der Waals surface area contributed by atoms with Gasteiger partial charge in [0.2, 0.25) is 0 Å². The van der Waals surface area contributed by atoms with Crippen molar-refractivity contribution in [3.05, 3.63) is 24.3 Å². The fourth-order valence-electron chi connectivity index (χ4n) is 1.89. The van der Waals surface area contributed by atoms with Crippen molar-refractivity contribution in [1.29, 1.82) is 0 Å². The van der Waals surface area contributed by atoms with E-state index in [0.29, 0.717) is 5.75 Å². The van der Waals surface area contributed by atoms with E-state index in [1.165, 1.54) is 56.4 Å². The van der Waals surface area contributed by atoms with Gasteiger partial charge in [0.1, 0.15) is 5.75 Å². The molecule has 0 fully saturated rings. The van der Waals surface area contributed by atoms with Crippen LogP contribution >= 0.6 is 8.58 Å². The molecule has 0 spiro atoms. The molecular weight excluding hydrogens is 227 g/mol. The van der Waals surface area contributed by atoms with E-state index >= 15 is 0 Å². The van der Waals surface area contributed by atoms with Gasteiger partial charge in [0.25, 0.3) is 0 Å². The lowest BCUT2D eigenvalue weighted by atomic mass is 10.1. The predicted molar refractivity (Wildman–Crippen MR) is 78.9 cm³/mol.